The summed E-state index contributed by atoms with van der Waals surface area (Å²) in [6, 6.07) is 36.9. The van der Waals surface area contributed by atoms with Gasteiger partial charge in [-0.2, -0.15) is 10.2 Å². The molecule has 0 saturated carbocycles. The molecule has 0 radical (unpaired) electrons. The van der Waals surface area contributed by atoms with E-state index in [1.165, 1.54) is 11.1 Å². The molecule has 0 N–H and O–H groups in total. The molecule has 0 aliphatic carbocycles. The molecule has 2 aliphatic heterocycles. The molecule has 4 heteroatoms. The molecule has 0 spiro atoms. The molecule has 4 nitrogen and oxygen atoms in total. The minimum absolute atomic E-state index is 0.00529. The van der Waals surface area contributed by atoms with Crippen molar-refractivity contribution in [1.29, 1.82) is 0 Å². The maximum absolute atomic E-state index is 6.11. The molecule has 2 heterocycles. The van der Waals surface area contributed by atoms with Crippen LogP contribution >= 0.6 is 0 Å². The highest BCUT2D eigenvalue weighted by Crippen LogP contribution is 2.35. The van der Waals surface area contributed by atoms with E-state index in [0.717, 1.165) is 34.0 Å². The molecule has 4 aromatic rings. The normalized spacial score (nSPS) is 21.3. The lowest BCUT2D eigenvalue weighted by Gasteiger charge is -2.28. The number of nitrogens with zero attached hydrogens (tertiary/aromatic N) is 2. The second-order valence-corrected chi connectivity index (χ2v) is 8.51. The van der Waals surface area contributed by atoms with Crippen molar-refractivity contribution in [3.63, 3.8) is 0 Å². The van der Waals surface area contributed by atoms with E-state index in [9.17, 15) is 0 Å². The van der Waals surface area contributed by atoms with Crippen LogP contribution in [0, 0.1) is 0 Å². The van der Waals surface area contributed by atoms with Crippen molar-refractivity contribution in [3.8, 4) is 11.5 Å². The number of fused-ring (bicyclic) bond motifs is 2. The van der Waals surface area contributed by atoms with Crippen LogP contribution in [-0.2, 0) is 0 Å². The topological polar surface area (TPSA) is 43.2 Å². The molecule has 0 fully saturated rings. The summed E-state index contributed by atoms with van der Waals surface area (Å²) >= 11 is 0. The zero-order chi connectivity index (χ0) is 22.7. The zero-order valence-corrected chi connectivity index (χ0v) is 18.7. The Kier molecular flexibility index (Phi) is 5.40. The van der Waals surface area contributed by atoms with Crippen molar-refractivity contribution < 1.29 is 9.47 Å². The Bertz CT molecular complexity index is 1260. The Morgan fingerprint density at radius 2 is 0.853 bits per heavy atom. The molecule has 0 bridgehead atoms. The van der Waals surface area contributed by atoms with Gasteiger partial charge in [0.1, 0.15) is 24.7 Å². The van der Waals surface area contributed by atoms with Gasteiger partial charge < -0.3 is 9.47 Å². The van der Waals surface area contributed by atoms with Crippen LogP contribution < -0.4 is 9.47 Å². The largest absolute Gasteiger partial charge is 0.492 e. The highest BCUT2D eigenvalue weighted by Gasteiger charge is 2.31. The van der Waals surface area contributed by atoms with Crippen molar-refractivity contribution in [2.75, 3.05) is 13.2 Å². The van der Waals surface area contributed by atoms with Gasteiger partial charge in [0.2, 0.25) is 0 Å². The number of ether oxygens (including phenoxy) is 2. The highest BCUT2D eigenvalue weighted by molar-refractivity contribution is 6.11. The molecule has 6 rings (SSSR count). The number of para-hydroxylation sites is 2. The van der Waals surface area contributed by atoms with E-state index < -0.39 is 0 Å². The summed E-state index contributed by atoms with van der Waals surface area (Å²) in [6.07, 6.45) is 0. The Morgan fingerprint density at radius 1 is 0.471 bits per heavy atom. The van der Waals surface area contributed by atoms with Gasteiger partial charge in [-0.05, 0) is 35.4 Å². The van der Waals surface area contributed by atoms with Gasteiger partial charge in [0.05, 0.1) is 23.3 Å². The van der Waals surface area contributed by atoms with Crippen molar-refractivity contribution in [3.05, 3.63) is 131 Å². The van der Waals surface area contributed by atoms with Crippen molar-refractivity contribution in [2.24, 2.45) is 10.2 Å². The fourth-order valence-electron chi connectivity index (χ4n) is 4.72. The van der Waals surface area contributed by atoms with Gasteiger partial charge in [-0.1, -0.05) is 84.9 Å². The predicted molar refractivity (Wildman–Crippen MR) is 135 cm³/mol. The molecule has 0 saturated heterocycles. The summed E-state index contributed by atoms with van der Waals surface area (Å²) in [5.74, 6) is 1.71. The molecule has 0 aromatic heterocycles. The Balaban J connectivity index is 1.51. The van der Waals surface area contributed by atoms with Crippen molar-refractivity contribution in [2.45, 2.75) is 11.8 Å². The maximum atomic E-state index is 6.11. The van der Waals surface area contributed by atoms with Gasteiger partial charge in [0, 0.05) is 11.1 Å². The maximum Gasteiger partial charge on any atom is 0.128 e. The molecule has 2 aliphatic rings. The van der Waals surface area contributed by atoms with Gasteiger partial charge in [-0.3, -0.25) is 0 Å². The summed E-state index contributed by atoms with van der Waals surface area (Å²) in [4.78, 5) is 0. The van der Waals surface area contributed by atoms with Gasteiger partial charge in [0.15, 0.2) is 0 Å². The second-order valence-electron chi connectivity index (χ2n) is 8.51. The minimum Gasteiger partial charge on any atom is -0.492 e. The first-order chi connectivity index (χ1) is 16.9. The second kappa shape index (κ2) is 8.99. The summed E-state index contributed by atoms with van der Waals surface area (Å²) in [5, 5.41) is 9.90. The van der Waals surface area contributed by atoms with Crippen molar-refractivity contribution >= 4 is 11.4 Å². The Hall–Kier alpha value is -4.18. The number of rotatable bonds is 3. The third-order valence-electron chi connectivity index (χ3n) is 6.47. The molecule has 2 unspecified atom stereocenters. The van der Waals surface area contributed by atoms with Gasteiger partial charge >= 0.3 is 0 Å². The van der Waals surface area contributed by atoms with E-state index in [-0.39, 0.29) is 11.8 Å². The van der Waals surface area contributed by atoms with Crippen molar-refractivity contribution in [1.82, 2.24) is 0 Å². The van der Waals surface area contributed by atoms with E-state index in [1.54, 1.807) is 0 Å². The van der Waals surface area contributed by atoms with E-state index in [0.29, 0.717) is 13.2 Å². The molecular formula is C30H24N2O2. The third-order valence-corrected chi connectivity index (χ3v) is 6.47. The first kappa shape index (κ1) is 20.4. The smallest absolute Gasteiger partial charge is 0.128 e. The summed E-state index contributed by atoms with van der Waals surface area (Å²) in [6.45, 7) is 1.07. The Labute approximate surface area is 199 Å². The molecule has 0 amide bonds. The van der Waals surface area contributed by atoms with Crippen LogP contribution in [0.3, 0.4) is 0 Å². The van der Waals surface area contributed by atoms with Crippen LogP contribution in [0.5, 0.6) is 11.5 Å². The number of hydrogen-bond donors (Lipinski definition) is 0. The lowest BCUT2D eigenvalue weighted by Crippen LogP contribution is -2.28. The van der Waals surface area contributed by atoms with Crippen LogP contribution in [0.4, 0.5) is 0 Å². The first-order valence-corrected chi connectivity index (χ1v) is 11.6. The number of benzene rings is 4. The summed E-state index contributed by atoms with van der Waals surface area (Å²) < 4.78 is 12.2. The molecular weight excluding hydrogens is 420 g/mol. The lowest BCUT2D eigenvalue weighted by molar-refractivity contribution is 0.301. The van der Waals surface area contributed by atoms with Gasteiger partial charge in [0.25, 0.3) is 0 Å². The summed E-state index contributed by atoms with van der Waals surface area (Å²) in [7, 11) is 0. The summed E-state index contributed by atoms with van der Waals surface area (Å²) in [5.41, 5.74) is 6.17. The van der Waals surface area contributed by atoms with E-state index in [2.05, 4.69) is 60.7 Å². The van der Waals surface area contributed by atoms with E-state index >= 15 is 0 Å². The average molecular weight is 445 g/mol. The first-order valence-electron chi connectivity index (χ1n) is 11.6. The van der Waals surface area contributed by atoms with E-state index in [1.807, 2.05) is 48.5 Å². The molecule has 4 aromatic carbocycles. The van der Waals surface area contributed by atoms with Gasteiger partial charge in [-0.25, -0.2) is 0 Å². The average Bonchev–Trinajstić information content (AvgIpc) is 2.92. The lowest BCUT2D eigenvalue weighted by atomic mass is 9.88. The standard InChI is InChI=1S/C30H24N2O2/c1-3-11-21(12-4-1)25-19-33-27-17-9-7-15-23(27)29(25)31-32-30-24-16-8-10-18-28(24)34-20-26(30)22-13-5-2-6-14-22/h1-18,25-26H,19-20H2/b31-29+,32-30+. The minimum atomic E-state index is 0.00529. The van der Waals surface area contributed by atoms with E-state index in [4.69, 9.17) is 19.7 Å². The highest BCUT2D eigenvalue weighted by atomic mass is 16.5. The molecule has 34 heavy (non-hydrogen) atoms. The van der Waals surface area contributed by atoms with Crippen LogP contribution in [-0.4, -0.2) is 24.6 Å². The fourth-order valence-corrected chi connectivity index (χ4v) is 4.72. The van der Waals surface area contributed by atoms with Gasteiger partial charge in [-0.15, -0.1) is 0 Å². The fraction of sp³-hybridized carbons (Fsp3) is 0.133. The SMILES string of the molecule is c1ccc(C2COc3ccccc3/C2=N\N=C2/c3ccccc3OCC2c2ccccc2)cc1. The van der Waals surface area contributed by atoms with Crippen LogP contribution in [0.25, 0.3) is 0 Å². The molecule has 2 atom stereocenters. The Morgan fingerprint density at radius 3 is 1.29 bits per heavy atom. The van der Waals surface area contributed by atoms with Crippen LogP contribution in [0.2, 0.25) is 0 Å². The quantitative estimate of drug-likeness (QED) is 0.352. The number of hydrogen-bond acceptors (Lipinski definition) is 4. The van der Waals surface area contributed by atoms with Crippen LogP contribution in [0.1, 0.15) is 34.1 Å². The third kappa shape index (κ3) is 3.77. The predicted octanol–water partition coefficient (Wildman–Crippen LogP) is 6.23. The van der Waals surface area contributed by atoms with Crippen LogP contribution in [0.15, 0.2) is 119 Å². The molecule has 166 valence electrons. The zero-order valence-electron chi connectivity index (χ0n) is 18.7. The monoisotopic (exact) mass is 444 g/mol.